The van der Waals surface area contributed by atoms with E-state index < -0.39 is 5.63 Å². The Morgan fingerprint density at radius 1 is 1.22 bits per heavy atom. The second-order valence-corrected chi connectivity index (χ2v) is 4.09. The number of aryl methyl sites for hydroxylation is 1. The highest BCUT2D eigenvalue weighted by Crippen LogP contribution is 2.26. The smallest absolute Gasteiger partial charge is 0.357 e. The molecule has 0 saturated carbocycles. The van der Waals surface area contributed by atoms with Gasteiger partial charge in [0.25, 0.3) is 0 Å². The molecule has 18 heavy (non-hydrogen) atoms. The molecule has 0 aliphatic carbocycles. The fourth-order valence-corrected chi connectivity index (χ4v) is 1.97. The van der Waals surface area contributed by atoms with E-state index in [0.717, 1.165) is 16.5 Å². The minimum Gasteiger partial charge on any atom is -0.497 e. The summed E-state index contributed by atoms with van der Waals surface area (Å²) < 4.78 is 10.4. The zero-order valence-corrected chi connectivity index (χ0v) is 10.1. The number of hydrogen-bond donors (Lipinski definition) is 0. The zero-order valence-electron chi connectivity index (χ0n) is 10.1. The van der Waals surface area contributed by atoms with Gasteiger partial charge >= 0.3 is 5.63 Å². The van der Waals surface area contributed by atoms with Gasteiger partial charge in [-0.25, -0.2) is 9.78 Å². The van der Waals surface area contributed by atoms with Gasteiger partial charge in [0.1, 0.15) is 17.0 Å². The van der Waals surface area contributed by atoms with Crippen LogP contribution in [-0.4, -0.2) is 12.1 Å². The molecule has 0 atom stereocenters. The first-order valence-electron chi connectivity index (χ1n) is 5.57. The third kappa shape index (κ3) is 1.54. The molecule has 4 nitrogen and oxygen atoms in total. The predicted octanol–water partition coefficient (Wildman–Crippen LogP) is 2.66. The van der Waals surface area contributed by atoms with Crippen LogP contribution >= 0.6 is 0 Å². The average molecular weight is 241 g/mol. The summed E-state index contributed by atoms with van der Waals surface area (Å²) in [5, 5.41) is 1.95. The molecule has 90 valence electrons. The first-order chi connectivity index (χ1) is 8.69. The van der Waals surface area contributed by atoms with Crippen LogP contribution in [0.1, 0.15) is 5.69 Å². The van der Waals surface area contributed by atoms with Gasteiger partial charge in [-0.05, 0) is 30.5 Å². The van der Waals surface area contributed by atoms with Crippen molar-refractivity contribution in [3.8, 4) is 5.75 Å². The Bertz CT molecular complexity index is 805. The van der Waals surface area contributed by atoms with Crippen LogP contribution in [0.4, 0.5) is 0 Å². The molecule has 0 radical (unpaired) electrons. The molecule has 0 aliphatic rings. The van der Waals surface area contributed by atoms with Crippen molar-refractivity contribution in [1.29, 1.82) is 0 Å². The molecule has 4 heteroatoms. The highest BCUT2D eigenvalue weighted by Gasteiger charge is 2.07. The van der Waals surface area contributed by atoms with Crippen LogP contribution in [0.15, 0.2) is 39.5 Å². The van der Waals surface area contributed by atoms with Crippen molar-refractivity contribution in [2.45, 2.75) is 6.92 Å². The van der Waals surface area contributed by atoms with Gasteiger partial charge in [-0.1, -0.05) is 12.1 Å². The summed E-state index contributed by atoms with van der Waals surface area (Å²) in [6.45, 7) is 1.64. The summed E-state index contributed by atoms with van der Waals surface area (Å²) in [4.78, 5) is 15.8. The van der Waals surface area contributed by atoms with E-state index in [0.29, 0.717) is 16.8 Å². The lowest BCUT2D eigenvalue weighted by atomic mass is 10.1. The number of aromatic nitrogens is 1. The normalized spacial score (nSPS) is 11.0. The number of nitrogens with zero attached hydrogens (tertiary/aromatic N) is 1. The van der Waals surface area contributed by atoms with Crippen molar-refractivity contribution >= 4 is 21.9 Å². The van der Waals surface area contributed by atoms with Gasteiger partial charge in [0.15, 0.2) is 5.58 Å². The quantitative estimate of drug-likeness (QED) is 0.614. The van der Waals surface area contributed by atoms with E-state index in [1.807, 2.05) is 24.3 Å². The summed E-state index contributed by atoms with van der Waals surface area (Å²) in [6, 6.07) is 9.40. The van der Waals surface area contributed by atoms with E-state index in [9.17, 15) is 4.79 Å². The van der Waals surface area contributed by atoms with Gasteiger partial charge in [-0.2, -0.15) is 0 Å². The Kier molecular flexibility index (Phi) is 2.30. The Labute approximate surface area is 103 Å². The summed E-state index contributed by atoms with van der Waals surface area (Å²) in [5.41, 5.74) is 1.14. The standard InChI is InChI=1S/C14H11NO3/c1-8-14(16)18-12-6-4-9-3-5-10(17-2)7-11(9)13(12)15-8/h3-7H,1-2H3. The maximum atomic E-state index is 11.4. The Morgan fingerprint density at radius 2 is 2.00 bits per heavy atom. The lowest BCUT2D eigenvalue weighted by Gasteiger charge is -2.05. The molecule has 0 N–H and O–H groups in total. The second kappa shape index (κ2) is 3.84. The molecule has 1 heterocycles. The topological polar surface area (TPSA) is 52.3 Å². The lowest BCUT2D eigenvalue weighted by Crippen LogP contribution is -2.05. The molecule has 0 saturated heterocycles. The highest BCUT2D eigenvalue weighted by molar-refractivity contribution is 6.03. The van der Waals surface area contributed by atoms with Crippen molar-refractivity contribution in [3.05, 3.63) is 46.4 Å². The third-order valence-corrected chi connectivity index (χ3v) is 2.94. The van der Waals surface area contributed by atoms with Crippen LogP contribution in [-0.2, 0) is 0 Å². The number of benzene rings is 2. The van der Waals surface area contributed by atoms with Crippen molar-refractivity contribution in [2.75, 3.05) is 7.11 Å². The second-order valence-electron chi connectivity index (χ2n) is 4.09. The van der Waals surface area contributed by atoms with Gasteiger partial charge in [-0.3, -0.25) is 0 Å². The van der Waals surface area contributed by atoms with Crippen molar-refractivity contribution in [1.82, 2.24) is 4.98 Å². The van der Waals surface area contributed by atoms with Gasteiger partial charge in [0.2, 0.25) is 0 Å². The molecule has 3 rings (SSSR count). The first kappa shape index (κ1) is 10.8. The van der Waals surface area contributed by atoms with Crippen LogP contribution in [0.3, 0.4) is 0 Å². The summed E-state index contributed by atoms with van der Waals surface area (Å²) in [7, 11) is 1.62. The molecule has 3 aromatic rings. The summed E-state index contributed by atoms with van der Waals surface area (Å²) in [5.74, 6) is 0.751. The molecule has 0 fully saturated rings. The van der Waals surface area contributed by atoms with Gasteiger partial charge in [-0.15, -0.1) is 0 Å². The van der Waals surface area contributed by atoms with Crippen molar-refractivity contribution < 1.29 is 9.15 Å². The first-order valence-corrected chi connectivity index (χ1v) is 5.57. The van der Waals surface area contributed by atoms with Crippen LogP contribution < -0.4 is 10.4 Å². The summed E-state index contributed by atoms with van der Waals surface area (Å²) >= 11 is 0. The molecule has 2 aromatic carbocycles. The number of fused-ring (bicyclic) bond motifs is 3. The van der Waals surface area contributed by atoms with E-state index in [-0.39, 0.29) is 0 Å². The number of rotatable bonds is 1. The molecule has 0 unspecified atom stereocenters. The Balaban J connectivity index is 2.50. The SMILES string of the molecule is COc1ccc2ccc3oc(=O)c(C)nc3c2c1. The zero-order chi connectivity index (χ0) is 12.7. The molecular weight excluding hydrogens is 230 g/mol. The molecule has 0 aliphatic heterocycles. The summed E-state index contributed by atoms with van der Waals surface area (Å²) in [6.07, 6.45) is 0. The van der Waals surface area contributed by atoms with Crippen LogP contribution in [0, 0.1) is 6.92 Å². The predicted molar refractivity (Wildman–Crippen MR) is 69.1 cm³/mol. The molecule has 0 amide bonds. The highest BCUT2D eigenvalue weighted by atomic mass is 16.5. The van der Waals surface area contributed by atoms with E-state index in [1.54, 1.807) is 20.1 Å². The van der Waals surface area contributed by atoms with Gasteiger partial charge in [0.05, 0.1) is 7.11 Å². The molecular formula is C14H11NO3. The van der Waals surface area contributed by atoms with Crippen LogP contribution in [0.5, 0.6) is 5.75 Å². The van der Waals surface area contributed by atoms with Crippen LogP contribution in [0.25, 0.3) is 21.9 Å². The van der Waals surface area contributed by atoms with Crippen molar-refractivity contribution in [2.24, 2.45) is 0 Å². The molecule has 0 spiro atoms. The fraction of sp³-hybridized carbons (Fsp3) is 0.143. The van der Waals surface area contributed by atoms with E-state index in [2.05, 4.69) is 4.98 Å². The van der Waals surface area contributed by atoms with E-state index in [4.69, 9.17) is 9.15 Å². The minimum atomic E-state index is -0.398. The maximum absolute atomic E-state index is 11.4. The third-order valence-electron chi connectivity index (χ3n) is 2.94. The van der Waals surface area contributed by atoms with E-state index in [1.165, 1.54) is 0 Å². The van der Waals surface area contributed by atoms with Gasteiger partial charge in [0, 0.05) is 5.39 Å². The number of ether oxygens (including phenoxy) is 1. The van der Waals surface area contributed by atoms with Crippen LogP contribution in [0.2, 0.25) is 0 Å². The Morgan fingerprint density at radius 3 is 2.78 bits per heavy atom. The van der Waals surface area contributed by atoms with Crippen molar-refractivity contribution in [3.63, 3.8) is 0 Å². The number of methoxy groups -OCH3 is 1. The van der Waals surface area contributed by atoms with Gasteiger partial charge < -0.3 is 9.15 Å². The molecule has 0 bridgehead atoms. The fourth-order valence-electron chi connectivity index (χ4n) is 1.97. The van der Waals surface area contributed by atoms with E-state index >= 15 is 0 Å². The largest absolute Gasteiger partial charge is 0.497 e. The molecule has 1 aromatic heterocycles. The minimum absolute atomic E-state index is 0.359. The maximum Gasteiger partial charge on any atom is 0.357 e. The number of hydrogen-bond acceptors (Lipinski definition) is 4. The lowest BCUT2D eigenvalue weighted by molar-refractivity contribution is 0.415. The Hall–Kier alpha value is -2.36. The average Bonchev–Trinajstić information content (AvgIpc) is 2.39. The monoisotopic (exact) mass is 241 g/mol.